The van der Waals surface area contributed by atoms with E-state index in [1.807, 2.05) is 34.6 Å². The number of amides is 3. The average molecular weight is 521 g/mol. The highest BCUT2D eigenvalue weighted by molar-refractivity contribution is 7.10. The molecule has 2 aliphatic carbocycles. The lowest BCUT2D eigenvalue weighted by atomic mass is 9.84. The summed E-state index contributed by atoms with van der Waals surface area (Å²) < 4.78 is 9.89. The van der Waals surface area contributed by atoms with Crippen LogP contribution in [0.1, 0.15) is 82.2 Å². The number of esters is 1. The summed E-state index contributed by atoms with van der Waals surface area (Å²) in [6.45, 7) is 16.4. The second-order valence-corrected chi connectivity index (χ2v) is 10.6. The van der Waals surface area contributed by atoms with E-state index in [4.69, 9.17) is 4.74 Å². The smallest absolute Gasteiger partial charge is 0.408 e. The Morgan fingerprint density at radius 1 is 1.03 bits per heavy atom. The van der Waals surface area contributed by atoms with Crippen molar-refractivity contribution >= 4 is 35.2 Å². The number of fused-ring (bicyclic) bond motifs is 2. The maximum absolute atomic E-state index is 12.6. The molecule has 0 unspecified atom stereocenters. The third-order valence-corrected chi connectivity index (χ3v) is 7.12. The first-order chi connectivity index (χ1) is 16.8. The van der Waals surface area contributed by atoms with Gasteiger partial charge in [0, 0.05) is 16.3 Å². The molecule has 11 heteroatoms. The van der Waals surface area contributed by atoms with Crippen LogP contribution in [0.25, 0.3) is 0 Å². The van der Waals surface area contributed by atoms with Gasteiger partial charge in [0.2, 0.25) is 0 Å². The van der Waals surface area contributed by atoms with Crippen LogP contribution in [0.5, 0.6) is 0 Å². The summed E-state index contributed by atoms with van der Waals surface area (Å²) in [7, 11) is 1.15. The average Bonchev–Trinajstić information content (AvgIpc) is 3.52. The third-order valence-electron chi connectivity index (χ3n) is 6.03. The highest BCUT2D eigenvalue weighted by Crippen LogP contribution is 2.58. The zero-order valence-electron chi connectivity index (χ0n) is 21.8. The molecule has 2 saturated carbocycles. The Bertz CT molecular complexity index is 1050. The number of carbonyl (C=O) groups is 4. The molecule has 0 spiro atoms. The number of rotatable bonds is 7. The van der Waals surface area contributed by atoms with E-state index in [1.54, 1.807) is 5.38 Å². The molecule has 0 radical (unpaired) electrons. The molecule has 3 amide bonds. The lowest BCUT2D eigenvalue weighted by Gasteiger charge is -2.29. The van der Waals surface area contributed by atoms with Crippen molar-refractivity contribution in [1.29, 1.82) is 0 Å². The summed E-state index contributed by atoms with van der Waals surface area (Å²) >= 11 is 1.38. The van der Waals surface area contributed by atoms with Crippen molar-refractivity contribution in [2.24, 2.45) is 0 Å². The number of nitrogens with zero attached hydrogens (tertiary/aromatic N) is 1. The summed E-state index contributed by atoms with van der Waals surface area (Å²) in [6.07, 6.45) is 3.64. The van der Waals surface area contributed by atoms with Gasteiger partial charge in [0.25, 0.3) is 11.8 Å². The van der Waals surface area contributed by atoms with Gasteiger partial charge in [0.15, 0.2) is 0 Å². The molecule has 2 fully saturated rings. The number of methoxy groups -OCH3 is 1. The Kier molecular flexibility index (Phi) is 9.06. The van der Waals surface area contributed by atoms with Gasteiger partial charge in [-0.2, -0.15) is 0 Å². The Labute approximate surface area is 215 Å². The van der Waals surface area contributed by atoms with Crippen LogP contribution in [-0.2, 0) is 24.5 Å². The third kappa shape index (κ3) is 6.71. The number of thiazole rings is 1. The summed E-state index contributed by atoms with van der Waals surface area (Å²) in [4.78, 5) is 53.0. The van der Waals surface area contributed by atoms with E-state index >= 15 is 0 Å². The second-order valence-electron chi connectivity index (χ2n) is 9.76. The molecule has 3 N–H and O–H groups in total. The van der Waals surface area contributed by atoms with Crippen molar-refractivity contribution < 1.29 is 28.7 Å². The number of hydrogen-bond donors (Lipinski definition) is 3. The van der Waals surface area contributed by atoms with Crippen LogP contribution in [0.2, 0.25) is 0 Å². The van der Waals surface area contributed by atoms with Gasteiger partial charge in [-0.3, -0.25) is 9.59 Å². The van der Waals surface area contributed by atoms with E-state index in [-0.39, 0.29) is 28.0 Å². The second kappa shape index (κ2) is 11.2. The molecule has 0 aromatic carbocycles. The van der Waals surface area contributed by atoms with E-state index in [2.05, 4.69) is 38.8 Å². The first kappa shape index (κ1) is 29.0. The highest BCUT2D eigenvalue weighted by Gasteiger charge is 2.57. The first-order valence-electron chi connectivity index (χ1n) is 11.8. The predicted octanol–water partition coefficient (Wildman–Crippen LogP) is 3.69. The Hall–Kier alpha value is -3.21. The highest BCUT2D eigenvalue weighted by atomic mass is 32.1. The largest absolute Gasteiger partial charge is 0.464 e. The molecule has 1 aromatic heterocycles. The van der Waals surface area contributed by atoms with E-state index < -0.39 is 29.5 Å². The standard InChI is InChI=1S/C23H30N4O6S.C2H6/c1-13(16(28)25-14(2)18(30)32-6)24-17(29)15-11-34-19(26-15)22-7-9-23(12-22,10-8-22)27-20(31)33-21(3,4)5;1-2/h11H,1-2,7-10,12H2,3-6H3,(H,24,29)(H,25,28)(H,27,31);1-2H3. The van der Waals surface area contributed by atoms with E-state index in [1.165, 1.54) is 11.3 Å². The summed E-state index contributed by atoms with van der Waals surface area (Å²) in [5.41, 5.74) is -1.47. The van der Waals surface area contributed by atoms with Crippen molar-refractivity contribution in [3.8, 4) is 0 Å². The molecule has 10 nitrogen and oxygen atoms in total. The van der Waals surface area contributed by atoms with Crippen LogP contribution in [0.3, 0.4) is 0 Å². The van der Waals surface area contributed by atoms with Crippen LogP contribution in [0, 0.1) is 0 Å². The van der Waals surface area contributed by atoms with Crippen molar-refractivity contribution in [3.05, 3.63) is 40.6 Å². The van der Waals surface area contributed by atoms with Gasteiger partial charge in [-0.1, -0.05) is 27.0 Å². The molecule has 2 bridgehead atoms. The molecule has 36 heavy (non-hydrogen) atoms. The Balaban J connectivity index is 0.00000222. The van der Waals surface area contributed by atoms with Crippen LogP contribution in [-0.4, -0.2) is 47.1 Å². The van der Waals surface area contributed by atoms with Gasteiger partial charge in [0.1, 0.15) is 17.0 Å². The fourth-order valence-electron chi connectivity index (χ4n) is 4.45. The van der Waals surface area contributed by atoms with Crippen LogP contribution in [0.15, 0.2) is 29.9 Å². The zero-order chi connectivity index (χ0) is 27.3. The molecular weight excluding hydrogens is 484 g/mol. The molecule has 3 rings (SSSR count). The summed E-state index contributed by atoms with van der Waals surface area (Å²) in [6, 6.07) is 0. The molecule has 0 saturated heterocycles. The van der Waals surface area contributed by atoms with Gasteiger partial charge in [0.05, 0.1) is 17.8 Å². The van der Waals surface area contributed by atoms with Crippen molar-refractivity contribution in [2.45, 2.75) is 83.3 Å². The Morgan fingerprint density at radius 3 is 2.19 bits per heavy atom. The minimum Gasteiger partial charge on any atom is -0.464 e. The number of hydrogen-bond acceptors (Lipinski definition) is 8. The monoisotopic (exact) mass is 520 g/mol. The molecule has 2 aliphatic rings. The number of nitrogens with one attached hydrogen (secondary N) is 3. The van der Waals surface area contributed by atoms with Crippen LogP contribution < -0.4 is 16.0 Å². The van der Waals surface area contributed by atoms with Crippen molar-refractivity contribution in [3.63, 3.8) is 0 Å². The maximum atomic E-state index is 12.6. The number of carbonyl (C=O) groups excluding carboxylic acids is 4. The lowest BCUT2D eigenvalue weighted by molar-refractivity contribution is -0.137. The van der Waals surface area contributed by atoms with Gasteiger partial charge in [-0.25, -0.2) is 14.6 Å². The predicted molar refractivity (Wildman–Crippen MR) is 136 cm³/mol. The SMILES string of the molecule is C=C(NC(=O)c1csc(C23CCC(NC(=O)OC(C)(C)C)(CC2)C3)n1)C(=O)NC(=C)C(=O)OC.CC. The van der Waals surface area contributed by atoms with E-state index in [0.717, 1.165) is 44.2 Å². The molecule has 1 aromatic rings. The zero-order valence-corrected chi connectivity index (χ0v) is 22.6. The minimum atomic E-state index is -0.804. The topological polar surface area (TPSA) is 136 Å². The van der Waals surface area contributed by atoms with Crippen LogP contribution in [0.4, 0.5) is 4.79 Å². The quantitative estimate of drug-likeness (QED) is 0.368. The van der Waals surface area contributed by atoms with Gasteiger partial charge < -0.3 is 25.4 Å². The first-order valence-corrected chi connectivity index (χ1v) is 12.7. The van der Waals surface area contributed by atoms with Gasteiger partial charge in [-0.15, -0.1) is 11.3 Å². The fraction of sp³-hybridized carbons (Fsp3) is 0.560. The van der Waals surface area contributed by atoms with Crippen molar-refractivity contribution in [1.82, 2.24) is 20.9 Å². The normalized spacial score (nSPS) is 21.9. The Morgan fingerprint density at radius 2 is 1.64 bits per heavy atom. The lowest BCUT2D eigenvalue weighted by Crippen LogP contribution is -2.47. The molecule has 0 atom stereocenters. The molecule has 0 aliphatic heterocycles. The number of alkyl carbamates (subject to hydrolysis) is 1. The molecule has 1 heterocycles. The van der Waals surface area contributed by atoms with Gasteiger partial charge >= 0.3 is 12.1 Å². The molecular formula is C25H36N4O6S. The van der Waals surface area contributed by atoms with E-state index in [9.17, 15) is 19.2 Å². The fourth-order valence-corrected chi connectivity index (χ4v) is 5.51. The van der Waals surface area contributed by atoms with Crippen molar-refractivity contribution in [2.75, 3.05) is 7.11 Å². The van der Waals surface area contributed by atoms with Gasteiger partial charge in [-0.05, 0) is 52.9 Å². The molecule has 198 valence electrons. The number of aromatic nitrogens is 1. The summed E-state index contributed by atoms with van der Waals surface area (Å²) in [5.74, 6) is -2.18. The number of ether oxygens (including phenoxy) is 2. The van der Waals surface area contributed by atoms with E-state index in [0.29, 0.717) is 0 Å². The minimum absolute atomic E-state index is 0.166. The summed E-state index contributed by atoms with van der Waals surface area (Å²) in [5, 5.41) is 10.1. The maximum Gasteiger partial charge on any atom is 0.408 e. The van der Waals surface area contributed by atoms with Crippen LogP contribution >= 0.6 is 11.3 Å².